The minimum absolute atomic E-state index is 0.449. The summed E-state index contributed by atoms with van der Waals surface area (Å²) in [5.41, 5.74) is 0. The van der Waals surface area contributed by atoms with Gasteiger partial charge in [-0.3, -0.25) is 0 Å². The molecule has 0 aliphatic rings. The Labute approximate surface area is 102 Å². The first-order chi connectivity index (χ1) is 7.81. The number of allylic oxidation sites excluding steroid dienone is 2. The first-order valence-electron chi connectivity index (χ1n) is 7.07. The maximum atomic E-state index is 5.50. The van der Waals surface area contributed by atoms with Crippen LogP contribution in [0, 0.1) is 0 Å². The Bertz CT molecular complexity index is 152. The molecule has 0 aromatic rings. The number of rotatable bonds is 11. The van der Waals surface area contributed by atoms with Crippen molar-refractivity contribution in [3.05, 3.63) is 12.2 Å². The van der Waals surface area contributed by atoms with E-state index in [1.54, 1.807) is 0 Å². The average Bonchev–Trinajstić information content (AvgIpc) is 2.27. The summed E-state index contributed by atoms with van der Waals surface area (Å²) >= 11 is 0. The lowest BCUT2D eigenvalue weighted by Gasteiger charge is -2.10. The first-order valence-corrected chi connectivity index (χ1v) is 7.07. The van der Waals surface area contributed by atoms with Crippen molar-refractivity contribution < 1.29 is 4.74 Å². The third-order valence-corrected chi connectivity index (χ3v) is 2.82. The molecule has 96 valence electrons. The average molecular weight is 226 g/mol. The topological polar surface area (TPSA) is 9.23 Å². The van der Waals surface area contributed by atoms with Crippen LogP contribution in [0.4, 0.5) is 0 Å². The normalized spacial score (nSPS) is 13.4. The SMILES string of the molecule is CCCC/C=C\CCCCCC(C)OCC. The van der Waals surface area contributed by atoms with Gasteiger partial charge in [0.05, 0.1) is 6.10 Å². The summed E-state index contributed by atoms with van der Waals surface area (Å²) < 4.78 is 5.50. The molecule has 0 amide bonds. The minimum Gasteiger partial charge on any atom is -0.379 e. The molecule has 0 aromatic carbocycles. The molecule has 1 nitrogen and oxygen atoms in total. The van der Waals surface area contributed by atoms with Gasteiger partial charge in [0.15, 0.2) is 0 Å². The van der Waals surface area contributed by atoms with Crippen molar-refractivity contribution in [2.45, 2.75) is 78.2 Å². The van der Waals surface area contributed by atoms with E-state index in [0.717, 1.165) is 6.61 Å². The Morgan fingerprint density at radius 1 is 0.938 bits per heavy atom. The fraction of sp³-hybridized carbons (Fsp3) is 0.867. The molecule has 1 atom stereocenters. The van der Waals surface area contributed by atoms with E-state index >= 15 is 0 Å². The van der Waals surface area contributed by atoms with Crippen molar-refractivity contribution in [2.75, 3.05) is 6.61 Å². The van der Waals surface area contributed by atoms with Gasteiger partial charge >= 0.3 is 0 Å². The maximum absolute atomic E-state index is 5.50. The van der Waals surface area contributed by atoms with Gasteiger partial charge in [-0.1, -0.05) is 44.8 Å². The van der Waals surface area contributed by atoms with Gasteiger partial charge < -0.3 is 4.74 Å². The van der Waals surface area contributed by atoms with Crippen molar-refractivity contribution in [1.29, 1.82) is 0 Å². The van der Waals surface area contributed by atoms with E-state index in [4.69, 9.17) is 4.74 Å². The second-order valence-electron chi connectivity index (χ2n) is 4.52. The Morgan fingerprint density at radius 2 is 1.62 bits per heavy atom. The lowest BCUT2D eigenvalue weighted by atomic mass is 10.1. The van der Waals surface area contributed by atoms with Gasteiger partial charge in [-0.2, -0.15) is 0 Å². The molecule has 1 heteroatoms. The molecule has 0 aliphatic heterocycles. The van der Waals surface area contributed by atoms with Crippen LogP contribution < -0.4 is 0 Å². The first kappa shape index (κ1) is 15.7. The molecule has 1 unspecified atom stereocenters. The smallest absolute Gasteiger partial charge is 0.0546 e. The lowest BCUT2D eigenvalue weighted by Crippen LogP contribution is -2.07. The predicted octanol–water partition coefficient (Wildman–Crippen LogP) is 5.11. The lowest BCUT2D eigenvalue weighted by molar-refractivity contribution is 0.0684. The molecule has 0 saturated carbocycles. The molecular weight excluding hydrogens is 196 g/mol. The van der Waals surface area contributed by atoms with E-state index < -0.39 is 0 Å². The highest BCUT2D eigenvalue weighted by molar-refractivity contribution is 4.81. The van der Waals surface area contributed by atoms with Gasteiger partial charge in [-0.05, 0) is 39.5 Å². The molecular formula is C15H30O. The molecule has 16 heavy (non-hydrogen) atoms. The number of ether oxygens (including phenoxy) is 1. The van der Waals surface area contributed by atoms with Gasteiger partial charge in [0, 0.05) is 6.61 Å². The summed E-state index contributed by atoms with van der Waals surface area (Å²) in [6.45, 7) is 7.33. The van der Waals surface area contributed by atoms with E-state index in [9.17, 15) is 0 Å². The van der Waals surface area contributed by atoms with Crippen molar-refractivity contribution in [2.24, 2.45) is 0 Å². The van der Waals surface area contributed by atoms with Crippen molar-refractivity contribution in [3.8, 4) is 0 Å². The fourth-order valence-electron chi connectivity index (χ4n) is 1.80. The van der Waals surface area contributed by atoms with Crippen LogP contribution in [0.2, 0.25) is 0 Å². The summed E-state index contributed by atoms with van der Waals surface area (Å²) in [5, 5.41) is 0. The highest BCUT2D eigenvalue weighted by Gasteiger charge is 1.99. The highest BCUT2D eigenvalue weighted by atomic mass is 16.5. The minimum atomic E-state index is 0.449. The maximum Gasteiger partial charge on any atom is 0.0546 e. The number of hydrogen-bond acceptors (Lipinski definition) is 1. The van der Waals surface area contributed by atoms with Gasteiger partial charge in [-0.25, -0.2) is 0 Å². The van der Waals surface area contributed by atoms with E-state index in [1.807, 2.05) is 0 Å². The summed E-state index contributed by atoms with van der Waals surface area (Å²) in [6.07, 6.45) is 15.5. The zero-order valence-electron chi connectivity index (χ0n) is 11.5. The molecule has 0 saturated heterocycles. The van der Waals surface area contributed by atoms with E-state index in [0.29, 0.717) is 6.10 Å². The molecule has 0 spiro atoms. The van der Waals surface area contributed by atoms with Crippen LogP contribution in [-0.2, 0) is 4.74 Å². The van der Waals surface area contributed by atoms with Crippen LogP contribution in [0.15, 0.2) is 12.2 Å². The van der Waals surface area contributed by atoms with Gasteiger partial charge in [-0.15, -0.1) is 0 Å². The van der Waals surface area contributed by atoms with Crippen molar-refractivity contribution >= 4 is 0 Å². The van der Waals surface area contributed by atoms with Crippen LogP contribution in [-0.4, -0.2) is 12.7 Å². The number of unbranched alkanes of at least 4 members (excludes halogenated alkanes) is 5. The van der Waals surface area contributed by atoms with Gasteiger partial charge in [0.1, 0.15) is 0 Å². The Hall–Kier alpha value is -0.300. The van der Waals surface area contributed by atoms with Crippen LogP contribution in [0.25, 0.3) is 0 Å². The molecule has 0 bridgehead atoms. The highest BCUT2D eigenvalue weighted by Crippen LogP contribution is 2.08. The molecule has 0 rings (SSSR count). The Morgan fingerprint density at radius 3 is 2.25 bits per heavy atom. The Kier molecular flexibility index (Phi) is 12.5. The zero-order valence-corrected chi connectivity index (χ0v) is 11.5. The zero-order chi connectivity index (χ0) is 12.1. The second-order valence-corrected chi connectivity index (χ2v) is 4.52. The van der Waals surface area contributed by atoms with Crippen LogP contribution in [0.3, 0.4) is 0 Å². The molecule has 0 fully saturated rings. The third kappa shape index (κ3) is 11.8. The molecule has 0 radical (unpaired) electrons. The van der Waals surface area contributed by atoms with E-state index in [2.05, 4.69) is 32.9 Å². The third-order valence-electron chi connectivity index (χ3n) is 2.82. The summed E-state index contributed by atoms with van der Waals surface area (Å²) in [6, 6.07) is 0. The van der Waals surface area contributed by atoms with Crippen molar-refractivity contribution in [1.82, 2.24) is 0 Å². The summed E-state index contributed by atoms with van der Waals surface area (Å²) in [7, 11) is 0. The predicted molar refractivity (Wildman–Crippen MR) is 72.8 cm³/mol. The molecule has 0 heterocycles. The monoisotopic (exact) mass is 226 g/mol. The van der Waals surface area contributed by atoms with E-state index in [-0.39, 0.29) is 0 Å². The van der Waals surface area contributed by atoms with Crippen LogP contribution in [0.1, 0.15) is 72.1 Å². The van der Waals surface area contributed by atoms with Crippen LogP contribution >= 0.6 is 0 Å². The quantitative estimate of drug-likeness (QED) is 0.351. The molecule has 0 aliphatic carbocycles. The summed E-state index contributed by atoms with van der Waals surface area (Å²) in [5.74, 6) is 0. The fourth-order valence-corrected chi connectivity index (χ4v) is 1.80. The van der Waals surface area contributed by atoms with Crippen LogP contribution in [0.5, 0.6) is 0 Å². The summed E-state index contributed by atoms with van der Waals surface area (Å²) in [4.78, 5) is 0. The Balaban J connectivity index is 3.11. The largest absolute Gasteiger partial charge is 0.379 e. The number of hydrogen-bond donors (Lipinski definition) is 0. The molecule has 0 N–H and O–H groups in total. The molecule has 0 aromatic heterocycles. The second kappa shape index (κ2) is 12.8. The van der Waals surface area contributed by atoms with Crippen molar-refractivity contribution in [3.63, 3.8) is 0 Å². The standard InChI is InChI=1S/C15H30O/c1-4-6-7-8-9-10-11-12-13-14-15(3)16-5-2/h8-9,15H,4-7,10-14H2,1-3H3/b9-8-. The van der Waals surface area contributed by atoms with Gasteiger partial charge in [0.25, 0.3) is 0 Å². The van der Waals surface area contributed by atoms with Gasteiger partial charge in [0.2, 0.25) is 0 Å². The van der Waals surface area contributed by atoms with E-state index in [1.165, 1.54) is 51.4 Å².